The zero-order valence-corrected chi connectivity index (χ0v) is 13.0. The van der Waals surface area contributed by atoms with Crippen LogP contribution in [-0.4, -0.2) is 11.9 Å². The number of hydrogen-bond acceptors (Lipinski definition) is 2. The number of halogens is 3. The predicted molar refractivity (Wildman–Crippen MR) is 83.9 cm³/mol. The number of aryl methyl sites for hydroxylation is 2. The van der Waals surface area contributed by atoms with Gasteiger partial charge in [-0.1, -0.05) is 12.1 Å². The smallest absolute Gasteiger partial charge is 0.246 e. The van der Waals surface area contributed by atoms with Gasteiger partial charge in [-0.2, -0.15) is 0 Å². The fraction of sp³-hybridized carbons (Fsp3) is 0.235. The third kappa shape index (κ3) is 3.83. The van der Waals surface area contributed by atoms with Crippen molar-refractivity contribution in [1.29, 1.82) is 0 Å². The van der Waals surface area contributed by atoms with Crippen LogP contribution in [0.1, 0.15) is 18.1 Å². The van der Waals surface area contributed by atoms with Crippen molar-refractivity contribution in [3.63, 3.8) is 0 Å². The summed E-state index contributed by atoms with van der Waals surface area (Å²) in [5, 5.41) is 5.26. The Morgan fingerprint density at radius 1 is 1.00 bits per heavy atom. The lowest BCUT2D eigenvalue weighted by atomic mass is 10.1. The van der Waals surface area contributed by atoms with E-state index < -0.39 is 35.1 Å². The molecule has 23 heavy (non-hydrogen) atoms. The maximum absolute atomic E-state index is 13.6. The number of benzene rings is 2. The number of anilines is 2. The van der Waals surface area contributed by atoms with Crippen LogP contribution in [0.15, 0.2) is 30.3 Å². The number of carbonyl (C=O) groups is 1. The van der Waals surface area contributed by atoms with Crippen molar-refractivity contribution in [3.8, 4) is 0 Å². The van der Waals surface area contributed by atoms with Gasteiger partial charge in [0.05, 0.1) is 5.69 Å². The molecule has 0 aromatic heterocycles. The molecule has 1 atom stereocenters. The van der Waals surface area contributed by atoms with Crippen LogP contribution in [0.25, 0.3) is 0 Å². The number of rotatable bonds is 4. The molecule has 2 aromatic rings. The van der Waals surface area contributed by atoms with Gasteiger partial charge in [-0.15, -0.1) is 0 Å². The van der Waals surface area contributed by atoms with E-state index in [1.807, 2.05) is 32.0 Å². The van der Waals surface area contributed by atoms with E-state index in [9.17, 15) is 18.0 Å². The third-order valence-electron chi connectivity index (χ3n) is 3.45. The predicted octanol–water partition coefficient (Wildman–Crippen LogP) is 4.16. The highest BCUT2D eigenvalue weighted by atomic mass is 19.2. The summed E-state index contributed by atoms with van der Waals surface area (Å²) in [5.41, 5.74) is 2.36. The second-order valence-electron chi connectivity index (χ2n) is 5.40. The highest BCUT2D eigenvalue weighted by molar-refractivity contribution is 5.96. The quantitative estimate of drug-likeness (QED) is 0.830. The normalized spacial score (nSPS) is 11.9. The standard InChI is InChI=1S/C17H17F3N2O/c1-9-4-5-10(2)14(8-9)21-11(3)17(23)22-13-7-6-12(18)15(19)16(13)20/h4-8,11,21H,1-3H3,(H,22,23)/t11-/m1/s1. The van der Waals surface area contributed by atoms with Crippen LogP contribution in [-0.2, 0) is 4.79 Å². The molecular formula is C17H17F3N2O. The molecule has 0 saturated carbocycles. The van der Waals surface area contributed by atoms with Gasteiger partial charge in [-0.3, -0.25) is 4.79 Å². The van der Waals surface area contributed by atoms with Crippen LogP contribution in [0.4, 0.5) is 24.5 Å². The zero-order valence-electron chi connectivity index (χ0n) is 13.0. The molecule has 0 heterocycles. The van der Waals surface area contributed by atoms with E-state index in [2.05, 4.69) is 10.6 Å². The molecule has 2 N–H and O–H groups in total. The summed E-state index contributed by atoms with van der Waals surface area (Å²) in [5.74, 6) is -4.90. The fourth-order valence-corrected chi connectivity index (χ4v) is 2.05. The van der Waals surface area contributed by atoms with Gasteiger partial charge in [-0.05, 0) is 50.1 Å². The van der Waals surface area contributed by atoms with E-state index in [-0.39, 0.29) is 0 Å². The second-order valence-corrected chi connectivity index (χ2v) is 5.40. The largest absolute Gasteiger partial charge is 0.374 e. The minimum absolute atomic E-state index is 0.400. The molecule has 0 aliphatic heterocycles. The lowest BCUT2D eigenvalue weighted by Crippen LogP contribution is -2.32. The molecule has 2 rings (SSSR count). The topological polar surface area (TPSA) is 41.1 Å². The van der Waals surface area contributed by atoms with Crippen molar-refractivity contribution in [1.82, 2.24) is 0 Å². The Balaban J connectivity index is 2.12. The number of amides is 1. The molecule has 0 radical (unpaired) electrons. The van der Waals surface area contributed by atoms with Crippen LogP contribution >= 0.6 is 0 Å². The average Bonchev–Trinajstić information content (AvgIpc) is 2.51. The molecule has 3 nitrogen and oxygen atoms in total. The monoisotopic (exact) mass is 322 g/mol. The molecule has 1 amide bonds. The van der Waals surface area contributed by atoms with E-state index in [1.165, 1.54) is 0 Å². The molecule has 2 aromatic carbocycles. The first-order valence-electron chi connectivity index (χ1n) is 7.07. The SMILES string of the molecule is Cc1ccc(C)c(N[C@H](C)C(=O)Nc2ccc(F)c(F)c2F)c1. The van der Waals surface area contributed by atoms with Crippen molar-refractivity contribution in [2.24, 2.45) is 0 Å². The molecule has 122 valence electrons. The summed E-state index contributed by atoms with van der Waals surface area (Å²) < 4.78 is 39.6. The van der Waals surface area contributed by atoms with E-state index in [0.29, 0.717) is 0 Å². The fourth-order valence-electron chi connectivity index (χ4n) is 2.05. The Labute approximate surface area is 132 Å². The molecule has 6 heteroatoms. The van der Waals surface area contributed by atoms with Gasteiger partial charge in [0.2, 0.25) is 5.91 Å². The van der Waals surface area contributed by atoms with Crippen molar-refractivity contribution in [2.75, 3.05) is 10.6 Å². The molecule has 0 aliphatic rings. The summed E-state index contributed by atoms with van der Waals surface area (Å²) in [6.07, 6.45) is 0. The van der Waals surface area contributed by atoms with E-state index >= 15 is 0 Å². The van der Waals surface area contributed by atoms with Crippen molar-refractivity contribution >= 4 is 17.3 Å². The molecule has 0 unspecified atom stereocenters. The van der Waals surface area contributed by atoms with Crippen LogP contribution < -0.4 is 10.6 Å². The first-order chi connectivity index (χ1) is 10.8. The minimum Gasteiger partial charge on any atom is -0.374 e. The van der Waals surface area contributed by atoms with Gasteiger partial charge in [-0.25, -0.2) is 13.2 Å². The third-order valence-corrected chi connectivity index (χ3v) is 3.45. The number of nitrogens with one attached hydrogen (secondary N) is 2. The molecule has 0 fully saturated rings. The summed E-state index contributed by atoms with van der Waals surface area (Å²) in [4.78, 5) is 12.1. The first kappa shape index (κ1) is 16.9. The lowest BCUT2D eigenvalue weighted by molar-refractivity contribution is -0.116. The summed E-state index contributed by atoms with van der Waals surface area (Å²) in [6.45, 7) is 5.41. The summed E-state index contributed by atoms with van der Waals surface area (Å²) in [7, 11) is 0. The molecule has 0 aliphatic carbocycles. The lowest BCUT2D eigenvalue weighted by Gasteiger charge is -2.17. The zero-order chi connectivity index (χ0) is 17.1. The number of carbonyl (C=O) groups excluding carboxylic acids is 1. The van der Waals surface area contributed by atoms with Gasteiger partial charge >= 0.3 is 0 Å². The maximum atomic E-state index is 13.6. The highest BCUT2D eigenvalue weighted by Gasteiger charge is 2.18. The molecule has 0 saturated heterocycles. The Hall–Kier alpha value is -2.50. The average molecular weight is 322 g/mol. The molecule has 0 bridgehead atoms. The van der Waals surface area contributed by atoms with Crippen molar-refractivity contribution in [2.45, 2.75) is 26.8 Å². The van der Waals surface area contributed by atoms with Crippen LogP contribution in [0.2, 0.25) is 0 Å². The van der Waals surface area contributed by atoms with E-state index in [0.717, 1.165) is 28.9 Å². The van der Waals surface area contributed by atoms with Gasteiger partial charge < -0.3 is 10.6 Å². The van der Waals surface area contributed by atoms with Gasteiger partial charge in [0.25, 0.3) is 0 Å². The first-order valence-corrected chi connectivity index (χ1v) is 7.07. The summed E-state index contributed by atoms with van der Waals surface area (Å²) >= 11 is 0. The van der Waals surface area contributed by atoms with E-state index in [1.54, 1.807) is 6.92 Å². The van der Waals surface area contributed by atoms with Gasteiger partial charge in [0.15, 0.2) is 17.5 Å². The van der Waals surface area contributed by atoms with Crippen LogP contribution in [0.3, 0.4) is 0 Å². The van der Waals surface area contributed by atoms with Crippen LogP contribution in [0.5, 0.6) is 0 Å². The second kappa shape index (κ2) is 6.73. The number of hydrogen-bond donors (Lipinski definition) is 2. The Bertz CT molecular complexity index is 747. The van der Waals surface area contributed by atoms with E-state index in [4.69, 9.17) is 0 Å². The minimum atomic E-state index is -1.61. The Kier molecular flexibility index (Phi) is 4.93. The summed E-state index contributed by atoms with van der Waals surface area (Å²) in [6, 6.07) is 6.80. The van der Waals surface area contributed by atoms with Gasteiger partial charge in [0.1, 0.15) is 6.04 Å². The van der Waals surface area contributed by atoms with Crippen molar-refractivity contribution in [3.05, 3.63) is 58.9 Å². The Morgan fingerprint density at radius 2 is 1.70 bits per heavy atom. The molecular weight excluding hydrogens is 305 g/mol. The molecule has 0 spiro atoms. The van der Waals surface area contributed by atoms with Crippen LogP contribution in [0, 0.1) is 31.3 Å². The maximum Gasteiger partial charge on any atom is 0.246 e. The van der Waals surface area contributed by atoms with Crippen molar-refractivity contribution < 1.29 is 18.0 Å². The highest BCUT2D eigenvalue weighted by Crippen LogP contribution is 2.21. The van der Waals surface area contributed by atoms with Gasteiger partial charge in [0, 0.05) is 5.69 Å². The Morgan fingerprint density at radius 3 is 2.39 bits per heavy atom.